The largest absolute Gasteiger partial charge is 0.347 e. The lowest BCUT2D eigenvalue weighted by Gasteiger charge is -2.24. The van der Waals surface area contributed by atoms with Crippen molar-refractivity contribution in [3.8, 4) is 0 Å². The fourth-order valence-electron chi connectivity index (χ4n) is 2.74. The molecule has 0 aliphatic heterocycles. The molecule has 0 spiro atoms. The van der Waals surface area contributed by atoms with Crippen LogP contribution in [0.4, 0.5) is 10.5 Å². The Morgan fingerprint density at radius 3 is 2.23 bits per heavy atom. The lowest BCUT2D eigenvalue weighted by atomic mass is 10.0. The summed E-state index contributed by atoms with van der Waals surface area (Å²) in [6.07, 6.45) is 0.976. The van der Waals surface area contributed by atoms with Crippen LogP contribution in [0.15, 0.2) is 54.6 Å². The van der Waals surface area contributed by atoms with Crippen LogP contribution in [0, 0.1) is 0 Å². The van der Waals surface area contributed by atoms with Gasteiger partial charge in [-0.15, -0.1) is 0 Å². The van der Waals surface area contributed by atoms with E-state index in [0.29, 0.717) is 17.8 Å². The Hall–Kier alpha value is -3.35. The SMILES string of the molecule is CCC(C)(C)NC(=O)c1ccc(NC(=O)CCNC(=O)N(C)Cc2ccccc2)cc1. The number of nitrogens with zero attached hydrogens (tertiary/aromatic N) is 1. The summed E-state index contributed by atoms with van der Waals surface area (Å²) < 4.78 is 0. The van der Waals surface area contributed by atoms with E-state index in [0.717, 1.165) is 12.0 Å². The zero-order chi connectivity index (χ0) is 22.9. The molecule has 0 aromatic heterocycles. The van der Waals surface area contributed by atoms with Crippen LogP contribution in [0.25, 0.3) is 0 Å². The second-order valence-electron chi connectivity index (χ2n) is 8.14. The first-order valence-corrected chi connectivity index (χ1v) is 10.5. The molecule has 7 heteroatoms. The summed E-state index contributed by atoms with van der Waals surface area (Å²) in [7, 11) is 1.71. The molecule has 0 saturated heterocycles. The van der Waals surface area contributed by atoms with Gasteiger partial charge in [-0.2, -0.15) is 0 Å². The Morgan fingerprint density at radius 1 is 0.968 bits per heavy atom. The topological polar surface area (TPSA) is 90.5 Å². The molecule has 0 saturated carbocycles. The normalized spacial score (nSPS) is 10.8. The molecule has 0 radical (unpaired) electrons. The Bertz CT molecular complexity index is 879. The number of benzene rings is 2. The minimum atomic E-state index is -0.274. The number of anilines is 1. The van der Waals surface area contributed by atoms with Crippen LogP contribution in [0.2, 0.25) is 0 Å². The van der Waals surface area contributed by atoms with Crippen molar-refractivity contribution in [3.63, 3.8) is 0 Å². The standard InChI is InChI=1S/C24H32N4O3/c1-5-24(2,3)27-22(30)19-11-13-20(14-12-19)26-21(29)15-16-25-23(31)28(4)17-18-9-7-6-8-10-18/h6-14H,5,15-17H2,1-4H3,(H,25,31)(H,26,29)(H,27,30). The first-order valence-electron chi connectivity index (χ1n) is 10.5. The molecule has 166 valence electrons. The Labute approximate surface area is 184 Å². The summed E-state index contributed by atoms with van der Waals surface area (Å²) in [6, 6.07) is 16.2. The van der Waals surface area contributed by atoms with Crippen molar-refractivity contribution in [2.45, 2.75) is 45.7 Å². The van der Waals surface area contributed by atoms with Crippen LogP contribution in [-0.2, 0) is 11.3 Å². The van der Waals surface area contributed by atoms with Gasteiger partial charge in [-0.1, -0.05) is 37.3 Å². The molecule has 0 bridgehead atoms. The number of amides is 4. The van der Waals surface area contributed by atoms with Gasteiger partial charge in [0.25, 0.3) is 5.91 Å². The number of carbonyl (C=O) groups excluding carboxylic acids is 3. The number of hydrogen-bond acceptors (Lipinski definition) is 3. The minimum Gasteiger partial charge on any atom is -0.347 e. The first-order chi connectivity index (χ1) is 14.7. The van der Waals surface area contributed by atoms with E-state index in [2.05, 4.69) is 16.0 Å². The van der Waals surface area contributed by atoms with Crippen LogP contribution < -0.4 is 16.0 Å². The average Bonchev–Trinajstić information content (AvgIpc) is 2.74. The second kappa shape index (κ2) is 11.2. The summed E-state index contributed by atoms with van der Waals surface area (Å²) in [5.41, 5.74) is 1.90. The smallest absolute Gasteiger partial charge is 0.317 e. The first kappa shape index (κ1) is 23.9. The van der Waals surface area contributed by atoms with Gasteiger partial charge in [0.2, 0.25) is 5.91 Å². The summed E-state index contributed by atoms with van der Waals surface area (Å²) in [5, 5.41) is 8.49. The molecule has 4 amide bonds. The Kier molecular flexibility index (Phi) is 8.61. The molecule has 7 nitrogen and oxygen atoms in total. The summed E-state index contributed by atoms with van der Waals surface area (Å²) in [5.74, 6) is -0.359. The van der Waals surface area contributed by atoms with E-state index in [1.807, 2.05) is 51.1 Å². The van der Waals surface area contributed by atoms with E-state index >= 15 is 0 Å². The fraction of sp³-hybridized carbons (Fsp3) is 0.375. The predicted octanol–water partition coefficient (Wildman–Crippen LogP) is 3.78. The van der Waals surface area contributed by atoms with Crippen LogP contribution in [-0.4, -0.2) is 41.9 Å². The fourth-order valence-corrected chi connectivity index (χ4v) is 2.74. The number of urea groups is 1. The molecule has 3 N–H and O–H groups in total. The molecule has 0 fully saturated rings. The maximum atomic E-state index is 12.3. The van der Waals surface area contributed by atoms with Crippen LogP contribution >= 0.6 is 0 Å². The number of carbonyl (C=O) groups is 3. The molecule has 0 atom stereocenters. The van der Waals surface area contributed by atoms with Gasteiger partial charge in [0.05, 0.1) is 0 Å². The molecule has 0 aliphatic carbocycles. The van der Waals surface area contributed by atoms with Gasteiger partial charge in [0, 0.05) is 43.3 Å². The van der Waals surface area contributed by atoms with E-state index in [1.165, 1.54) is 0 Å². The van der Waals surface area contributed by atoms with Gasteiger partial charge in [0.1, 0.15) is 0 Å². The molecule has 0 unspecified atom stereocenters. The monoisotopic (exact) mass is 424 g/mol. The quantitative estimate of drug-likeness (QED) is 0.572. The van der Waals surface area contributed by atoms with E-state index in [-0.39, 0.29) is 36.3 Å². The number of hydrogen-bond donors (Lipinski definition) is 3. The van der Waals surface area contributed by atoms with Crippen molar-refractivity contribution in [2.24, 2.45) is 0 Å². The van der Waals surface area contributed by atoms with E-state index in [1.54, 1.807) is 36.2 Å². The average molecular weight is 425 g/mol. The highest BCUT2D eigenvalue weighted by Crippen LogP contribution is 2.13. The van der Waals surface area contributed by atoms with Crippen molar-refractivity contribution in [3.05, 3.63) is 65.7 Å². The molecular formula is C24H32N4O3. The zero-order valence-corrected chi connectivity index (χ0v) is 18.7. The highest BCUT2D eigenvalue weighted by atomic mass is 16.2. The third-order valence-corrected chi connectivity index (χ3v) is 5.00. The number of nitrogens with one attached hydrogen (secondary N) is 3. The summed E-state index contributed by atoms with van der Waals surface area (Å²) in [4.78, 5) is 38.2. The zero-order valence-electron chi connectivity index (χ0n) is 18.7. The van der Waals surface area contributed by atoms with E-state index in [4.69, 9.17) is 0 Å². The lowest BCUT2D eigenvalue weighted by molar-refractivity contribution is -0.116. The van der Waals surface area contributed by atoms with E-state index < -0.39 is 0 Å². The van der Waals surface area contributed by atoms with Gasteiger partial charge in [-0.3, -0.25) is 9.59 Å². The minimum absolute atomic E-state index is 0.146. The molecule has 2 rings (SSSR count). The Balaban J connectivity index is 1.74. The molecule has 0 heterocycles. The Morgan fingerprint density at radius 2 is 1.61 bits per heavy atom. The number of rotatable bonds is 9. The van der Waals surface area contributed by atoms with Gasteiger partial charge >= 0.3 is 6.03 Å². The molecule has 0 aliphatic rings. The van der Waals surface area contributed by atoms with Crippen molar-refractivity contribution < 1.29 is 14.4 Å². The van der Waals surface area contributed by atoms with Gasteiger partial charge in [-0.25, -0.2) is 4.79 Å². The summed E-state index contributed by atoms with van der Waals surface area (Å²) in [6.45, 7) is 6.68. The molecule has 31 heavy (non-hydrogen) atoms. The third kappa shape index (κ3) is 8.12. The van der Waals surface area contributed by atoms with Crippen LogP contribution in [0.1, 0.15) is 49.5 Å². The van der Waals surface area contributed by atoms with Crippen molar-refractivity contribution >= 4 is 23.5 Å². The summed E-state index contributed by atoms with van der Waals surface area (Å²) >= 11 is 0. The van der Waals surface area contributed by atoms with E-state index in [9.17, 15) is 14.4 Å². The van der Waals surface area contributed by atoms with Crippen LogP contribution in [0.5, 0.6) is 0 Å². The third-order valence-electron chi connectivity index (χ3n) is 5.00. The maximum absolute atomic E-state index is 12.3. The molecule has 2 aromatic rings. The maximum Gasteiger partial charge on any atom is 0.317 e. The van der Waals surface area contributed by atoms with Gasteiger partial charge in [0.15, 0.2) is 0 Å². The highest BCUT2D eigenvalue weighted by Gasteiger charge is 2.18. The van der Waals surface area contributed by atoms with Gasteiger partial charge in [-0.05, 0) is 50.1 Å². The lowest BCUT2D eigenvalue weighted by Crippen LogP contribution is -2.42. The van der Waals surface area contributed by atoms with Crippen molar-refractivity contribution in [2.75, 3.05) is 18.9 Å². The predicted molar refractivity (Wildman–Crippen MR) is 123 cm³/mol. The van der Waals surface area contributed by atoms with Crippen molar-refractivity contribution in [1.82, 2.24) is 15.5 Å². The van der Waals surface area contributed by atoms with Crippen molar-refractivity contribution in [1.29, 1.82) is 0 Å². The van der Waals surface area contributed by atoms with Gasteiger partial charge < -0.3 is 20.9 Å². The highest BCUT2D eigenvalue weighted by molar-refractivity contribution is 5.96. The van der Waals surface area contributed by atoms with Crippen LogP contribution in [0.3, 0.4) is 0 Å². The molecule has 2 aromatic carbocycles. The molecular weight excluding hydrogens is 392 g/mol. The second-order valence-corrected chi connectivity index (χ2v) is 8.14.